The van der Waals surface area contributed by atoms with Crippen molar-refractivity contribution in [2.45, 2.75) is 32.4 Å². The van der Waals surface area contributed by atoms with Crippen LogP contribution in [0.2, 0.25) is 0 Å². The smallest absolute Gasteiger partial charge is 0.276 e. The van der Waals surface area contributed by atoms with Gasteiger partial charge in [0.15, 0.2) is 0 Å². The molecular formula is C34H40N10O3. The molecular weight excluding hydrogens is 596 g/mol. The molecule has 13 heteroatoms. The number of carbonyl (C=O) groups excluding carboxylic acids is 2. The average molecular weight is 637 g/mol. The largest absolute Gasteiger partial charge is 0.337 e. The van der Waals surface area contributed by atoms with E-state index in [2.05, 4.69) is 33.5 Å². The number of para-hydroxylation sites is 1. The molecule has 2 aliphatic rings. The molecule has 47 heavy (non-hydrogen) atoms. The van der Waals surface area contributed by atoms with E-state index >= 15 is 0 Å². The lowest BCUT2D eigenvalue weighted by molar-refractivity contribution is -0.127. The predicted molar refractivity (Wildman–Crippen MR) is 184 cm³/mol. The van der Waals surface area contributed by atoms with E-state index in [0.717, 1.165) is 42.1 Å². The molecule has 0 spiro atoms. The second-order valence-electron chi connectivity index (χ2n) is 12.2. The van der Waals surface area contributed by atoms with Crippen molar-refractivity contribution in [1.29, 1.82) is 0 Å². The first-order valence-corrected chi connectivity index (χ1v) is 15.8. The van der Waals surface area contributed by atoms with Gasteiger partial charge in [-0.3, -0.25) is 23.6 Å². The van der Waals surface area contributed by atoms with Crippen molar-refractivity contribution in [2.75, 3.05) is 61.9 Å². The first-order chi connectivity index (χ1) is 22.7. The molecule has 1 fully saturated rings. The summed E-state index contributed by atoms with van der Waals surface area (Å²) in [5, 5.41) is 8.35. The number of aromatic nitrogens is 5. The van der Waals surface area contributed by atoms with Crippen molar-refractivity contribution in [3.8, 4) is 0 Å². The van der Waals surface area contributed by atoms with E-state index in [-0.39, 0.29) is 23.4 Å². The van der Waals surface area contributed by atoms with Crippen molar-refractivity contribution < 1.29 is 9.59 Å². The highest BCUT2D eigenvalue weighted by atomic mass is 16.2. The number of pyridine rings is 1. The van der Waals surface area contributed by atoms with Crippen LogP contribution in [0.3, 0.4) is 0 Å². The number of aryl methyl sites for hydroxylation is 1. The molecule has 4 aromatic rings. The van der Waals surface area contributed by atoms with Crippen LogP contribution in [-0.2, 0) is 16.1 Å². The van der Waals surface area contributed by atoms with E-state index in [9.17, 15) is 14.4 Å². The van der Waals surface area contributed by atoms with E-state index in [1.54, 1.807) is 26.8 Å². The molecule has 5 heterocycles. The summed E-state index contributed by atoms with van der Waals surface area (Å²) in [4.78, 5) is 57.1. The molecule has 1 N–H and O–H groups in total. The van der Waals surface area contributed by atoms with Gasteiger partial charge in [-0.1, -0.05) is 25.3 Å². The number of fused-ring (bicyclic) bond motifs is 2. The average Bonchev–Trinajstić information content (AvgIpc) is 3.53. The molecule has 3 aromatic heterocycles. The minimum atomic E-state index is -0.320. The van der Waals surface area contributed by atoms with Gasteiger partial charge in [0.05, 0.1) is 35.8 Å². The molecule has 13 nitrogen and oxygen atoms in total. The molecule has 6 rings (SSSR count). The Labute approximate surface area is 273 Å². The van der Waals surface area contributed by atoms with E-state index in [0.29, 0.717) is 55.3 Å². The second-order valence-corrected chi connectivity index (χ2v) is 12.2. The number of hydrogen-bond acceptors (Lipinski definition) is 9. The minimum absolute atomic E-state index is 0.168. The zero-order chi connectivity index (χ0) is 33.2. The third kappa shape index (κ3) is 6.26. The minimum Gasteiger partial charge on any atom is -0.337 e. The number of rotatable bonds is 9. The van der Waals surface area contributed by atoms with Gasteiger partial charge in [0.1, 0.15) is 11.3 Å². The fourth-order valence-electron chi connectivity index (χ4n) is 6.40. The van der Waals surface area contributed by atoms with Gasteiger partial charge in [-0.05, 0) is 63.7 Å². The Hall–Kier alpha value is -5.30. The van der Waals surface area contributed by atoms with E-state index in [4.69, 9.17) is 4.98 Å². The van der Waals surface area contributed by atoms with Crippen molar-refractivity contribution >= 4 is 51.5 Å². The topological polar surface area (TPSA) is 125 Å². The highest BCUT2D eigenvalue weighted by molar-refractivity contribution is 6.05. The first kappa shape index (κ1) is 31.7. The van der Waals surface area contributed by atoms with Gasteiger partial charge < -0.3 is 24.9 Å². The van der Waals surface area contributed by atoms with Crippen molar-refractivity contribution in [3.63, 3.8) is 0 Å². The molecule has 0 unspecified atom stereocenters. The Bertz CT molecular complexity index is 1910. The third-order valence-corrected chi connectivity index (χ3v) is 8.72. The lowest BCUT2D eigenvalue weighted by Gasteiger charge is -2.39. The molecule has 0 saturated carbocycles. The summed E-state index contributed by atoms with van der Waals surface area (Å²) in [6.45, 7) is 12.6. The fraction of sp³-hybridized carbons (Fsp3) is 0.353. The zero-order valence-corrected chi connectivity index (χ0v) is 27.1. The Balaban J connectivity index is 1.45. The number of nitrogens with zero attached hydrogens (tertiary/aromatic N) is 9. The van der Waals surface area contributed by atoms with Gasteiger partial charge in [0, 0.05) is 50.5 Å². The molecule has 244 valence electrons. The van der Waals surface area contributed by atoms with Crippen LogP contribution in [0.15, 0.2) is 73.0 Å². The Kier molecular flexibility index (Phi) is 8.90. The molecule has 2 aliphatic heterocycles. The Morgan fingerprint density at radius 1 is 1.09 bits per heavy atom. The van der Waals surface area contributed by atoms with E-state index < -0.39 is 0 Å². The predicted octanol–water partition coefficient (Wildman–Crippen LogP) is 3.62. The summed E-state index contributed by atoms with van der Waals surface area (Å²) in [5.41, 5.74) is 3.84. The fourth-order valence-corrected chi connectivity index (χ4v) is 6.40. The van der Waals surface area contributed by atoms with Gasteiger partial charge in [0.25, 0.3) is 11.5 Å². The summed E-state index contributed by atoms with van der Waals surface area (Å²) in [7, 11) is 4.03. The number of likely N-dealkylation sites (N-methyl/N-ethyl adjacent to an activating group) is 1. The van der Waals surface area contributed by atoms with Gasteiger partial charge in [-0.15, -0.1) is 0 Å². The Morgan fingerprint density at radius 2 is 1.89 bits per heavy atom. The summed E-state index contributed by atoms with van der Waals surface area (Å²) >= 11 is 0. The molecule has 2 amide bonds. The molecule has 0 radical (unpaired) electrons. The van der Waals surface area contributed by atoms with Crippen LogP contribution < -0.4 is 20.7 Å². The number of piperidine rings is 1. The summed E-state index contributed by atoms with van der Waals surface area (Å²) < 4.78 is 3.57. The van der Waals surface area contributed by atoms with E-state index in [1.807, 2.05) is 61.1 Å². The zero-order valence-electron chi connectivity index (χ0n) is 27.1. The highest BCUT2D eigenvalue weighted by Crippen LogP contribution is 2.40. The third-order valence-electron chi connectivity index (χ3n) is 8.72. The van der Waals surface area contributed by atoms with Crippen LogP contribution >= 0.6 is 0 Å². The summed E-state index contributed by atoms with van der Waals surface area (Å²) in [6.07, 6.45) is 9.37. The van der Waals surface area contributed by atoms with Crippen molar-refractivity contribution in [1.82, 2.24) is 34.1 Å². The quantitative estimate of drug-likeness (QED) is 0.274. The van der Waals surface area contributed by atoms with Crippen LogP contribution in [0.4, 0.5) is 28.7 Å². The first-order valence-electron chi connectivity index (χ1n) is 15.8. The van der Waals surface area contributed by atoms with Gasteiger partial charge in [-0.25, -0.2) is 4.98 Å². The van der Waals surface area contributed by atoms with Crippen LogP contribution in [0.25, 0.3) is 11.0 Å². The molecule has 1 saturated heterocycles. The van der Waals surface area contributed by atoms with Crippen molar-refractivity contribution in [2.24, 2.45) is 0 Å². The lowest BCUT2D eigenvalue weighted by Crippen LogP contribution is -2.45. The molecule has 1 aromatic carbocycles. The second kappa shape index (κ2) is 13.2. The lowest BCUT2D eigenvalue weighted by atomic mass is 10.0. The van der Waals surface area contributed by atoms with Crippen LogP contribution in [0, 0.1) is 6.92 Å². The maximum absolute atomic E-state index is 14.7. The summed E-state index contributed by atoms with van der Waals surface area (Å²) in [5.74, 6) is -0.0289. The molecule has 1 atom stereocenters. The number of nitrogens with one attached hydrogen (secondary N) is 1. The van der Waals surface area contributed by atoms with Crippen molar-refractivity contribution in [3.05, 3.63) is 84.1 Å². The van der Waals surface area contributed by atoms with Gasteiger partial charge in [-0.2, -0.15) is 10.1 Å². The maximum atomic E-state index is 14.7. The van der Waals surface area contributed by atoms with Crippen LogP contribution in [0.5, 0.6) is 0 Å². The number of anilines is 5. The maximum Gasteiger partial charge on any atom is 0.276 e. The summed E-state index contributed by atoms with van der Waals surface area (Å²) in [6, 6.07) is 7.30. The standard InChI is InChI=1S/C34H40N10O3/c1-6-29(45)40-13-9-11-26(22-40)44-32-24(19-35-34(38-32)37-25-20-36-41(21-25)15-14-39(4)5)18-28(33(44)47)42-16-17-43(30(46)7-2)31-23(3)10-8-12-27(31)42/h6-8,10,12,18-21,26H,1-2,9,11,13-17,22H2,3-5H3,(H,35,37,38)/t26-/m1/s1. The molecule has 0 bridgehead atoms. The number of benzene rings is 1. The normalized spacial score (nSPS) is 16.3. The monoisotopic (exact) mass is 636 g/mol. The van der Waals surface area contributed by atoms with Gasteiger partial charge >= 0.3 is 0 Å². The van der Waals surface area contributed by atoms with Crippen LogP contribution in [0.1, 0.15) is 24.4 Å². The van der Waals surface area contributed by atoms with Gasteiger partial charge in [0.2, 0.25) is 11.9 Å². The number of amides is 2. The SMILES string of the molecule is C=CC(=O)N1CCC[C@@H](n2c(=O)c(N3CCN(C(=O)C=C)c4c(C)cccc43)cc3cnc(Nc4cnn(CCN(C)C)c4)nc32)C1. The molecule has 0 aliphatic carbocycles. The highest BCUT2D eigenvalue weighted by Gasteiger charge is 2.32. The van der Waals surface area contributed by atoms with Crippen LogP contribution in [-0.4, -0.2) is 92.7 Å². The number of carbonyl (C=O) groups is 2. The Morgan fingerprint density at radius 3 is 2.66 bits per heavy atom. The number of likely N-dealkylation sites (tertiary alicyclic amines) is 1. The number of hydrogen-bond donors (Lipinski definition) is 1. The van der Waals surface area contributed by atoms with E-state index in [1.165, 1.54) is 12.2 Å².